The van der Waals surface area contributed by atoms with Crippen molar-refractivity contribution in [3.8, 4) is 11.1 Å². The Kier molecular flexibility index (Phi) is 10.1. The Labute approximate surface area is 265 Å². The average molecular weight is 652 g/mol. The van der Waals surface area contributed by atoms with Crippen molar-refractivity contribution < 1.29 is 37.2 Å². The molecule has 242 valence electrons. The summed E-state index contributed by atoms with van der Waals surface area (Å²) in [5.41, 5.74) is 4.07. The van der Waals surface area contributed by atoms with Crippen molar-refractivity contribution in [1.82, 2.24) is 10.0 Å². The molecule has 3 aromatic carbocycles. The third-order valence-electron chi connectivity index (χ3n) is 8.48. The minimum Gasteiger partial charge on any atom is -0.481 e. The largest absolute Gasteiger partial charge is 0.481 e. The van der Waals surface area contributed by atoms with E-state index >= 15 is 4.39 Å². The lowest BCUT2D eigenvalue weighted by Gasteiger charge is -2.21. The predicted molar refractivity (Wildman–Crippen MR) is 167 cm³/mol. The summed E-state index contributed by atoms with van der Waals surface area (Å²) in [5.74, 6) is -3.00. The highest BCUT2D eigenvalue weighted by Gasteiger charge is 2.34. The number of non-ortho nitro benzene ring substituents is 1. The molecule has 46 heavy (non-hydrogen) atoms. The van der Waals surface area contributed by atoms with Gasteiger partial charge in [-0.3, -0.25) is 14.9 Å². The first-order valence-corrected chi connectivity index (χ1v) is 16.5. The fourth-order valence-corrected chi connectivity index (χ4v) is 7.26. The second kappa shape index (κ2) is 14.2. The molecule has 2 atom stereocenters. The molecule has 2 aliphatic carbocycles. The van der Waals surface area contributed by atoms with Gasteiger partial charge >= 0.3 is 12.1 Å². The maximum absolute atomic E-state index is 15.9. The first kappa shape index (κ1) is 32.8. The van der Waals surface area contributed by atoms with Crippen molar-refractivity contribution in [2.45, 2.75) is 55.4 Å². The van der Waals surface area contributed by atoms with Crippen molar-refractivity contribution >= 4 is 27.8 Å². The molecule has 0 heterocycles. The van der Waals surface area contributed by atoms with E-state index in [-0.39, 0.29) is 60.9 Å². The van der Waals surface area contributed by atoms with Gasteiger partial charge in [-0.1, -0.05) is 48.5 Å². The summed E-state index contributed by atoms with van der Waals surface area (Å²) in [6, 6.07) is 19.0. The van der Waals surface area contributed by atoms with Crippen LogP contribution in [0.1, 0.15) is 55.6 Å². The molecule has 0 radical (unpaired) electrons. The van der Waals surface area contributed by atoms with Crippen molar-refractivity contribution in [2.75, 3.05) is 13.2 Å². The van der Waals surface area contributed by atoms with Crippen LogP contribution in [0.5, 0.6) is 0 Å². The predicted octanol–water partition coefficient (Wildman–Crippen LogP) is 6.06. The van der Waals surface area contributed by atoms with Crippen LogP contribution in [0.15, 0.2) is 89.1 Å². The Morgan fingerprint density at radius 2 is 1.63 bits per heavy atom. The lowest BCUT2D eigenvalue weighted by atomic mass is 9.97. The number of carboxylic acid groups (broad SMARTS) is 1. The molecule has 13 heteroatoms. The number of amides is 1. The van der Waals surface area contributed by atoms with Crippen LogP contribution in [0.25, 0.3) is 11.1 Å². The Bertz CT molecular complexity index is 1710. The number of aliphatic carboxylic acids is 1. The van der Waals surface area contributed by atoms with E-state index in [0.29, 0.717) is 12.8 Å². The number of halogens is 1. The van der Waals surface area contributed by atoms with Crippen molar-refractivity contribution in [3.63, 3.8) is 0 Å². The summed E-state index contributed by atoms with van der Waals surface area (Å²) in [5, 5.41) is 23.0. The van der Waals surface area contributed by atoms with Gasteiger partial charge in [-0.05, 0) is 78.5 Å². The highest BCUT2D eigenvalue weighted by atomic mass is 32.2. The normalized spacial score (nSPS) is 17.5. The summed E-state index contributed by atoms with van der Waals surface area (Å²) in [4.78, 5) is 34.9. The molecular formula is C33H34FN3O8S. The van der Waals surface area contributed by atoms with Gasteiger partial charge in [0.05, 0.1) is 21.8 Å². The molecule has 0 saturated heterocycles. The van der Waals surface area contributed by atoms with E-state index in [1.807, 2.05) is 48.5 Å². The second-order valence-corrected chi connectivity index (χ2v) is 13.1. The smallest absolute Gasteiger partial charge is 0.407 e. The number of nitro benzene ring substituents is 1. The van der Waals surface area contributed by atoms with Crippen LogP contribution in [0.4, 0.5) is 14.9 Å². The number of carboxylic acids is 1. The number of sulfonamides is 1. The summed E-state index contributed by atoms with van der Waals surface area (Å²) in [6.45, 7) is 0.0138. The van der Waals surface area contributed by atoms with Gasteiger partial charge in [0.1, 0.15) is 12.4 Å². The molecule has 5 rings (SSSR count). The van der Waals surface area contributed by atoms with Crippen molar-refractivity contribution in [2.24, 2.45) is 5.92 Å². The minimum atomic E-state index is -3.94. The maximum atomic E-state index is 15.9. The molecule has 0 aromatic heterocycles. The quantitative estimate of drug-likeness (QED) is 0.114. The molecule has 3 aromatic rings. The number of nitro groups is 1. The highest BCUT2D eigenvalue weighted by molar-refractivity contribution is 7.89. The van der Waals surface area contributed by atoms with Crippen LogP contribution >= 0.6 is 0 Å². The van der Waals surface area contributed by atoms with Crippen molar-refractivity contribution in [1.29, 1.82) is 0 Å². The molecule has 1 saturated carbocycles. The number of ether oxygens (including phenoxy) is 1. The van der Waals surface area contributed by atoms with E-state index in [0.717, 1.165) is 46.5 Å². The van der Waals surface area contributed by atoms with Gasteiger partial charge in [-0.15, -0.1) is 0 Å². The maximum Gasteiger partial charge on any atom is 0.407 e. The zero-order valence-corrected chi connectivity index (χ0v) is 25.7. The number of benzene rings is 3. The Morgan fingerprint density at radius 1 is 1.00 bits per heavy atom. The topological polar surface area (TPSA) is 165 Å². The molecule has 11 nitrogen and oxygen atoms in total. The number of fused-ring (bicyclic) bond motifs is 3. The fourth-order valence-electron chi connectivity index (χ4n) is 6.18. The summed E-state index contributed by atoms with van der Waals surface area (Å²) in [6.07, 6.45) is 0.884. The average Bonchev–Trinajstić information content (AvgIpc) is 3.66. The first-order valence-electron chi connectivity index (χ1n) is 15.0. The van der Waals surface area contributed by atoms with Crippen LogP contribution in [0.2, 0.25) is 0 Å². The van der Waals surface area contributed by atoms with Gasteiger partial charge in [0.2, 0.25) is 10.0 Å². The van der Waals surface area contributed by atoms with Crippen LogP contribution in [-0.2, 0) is 19.6 Å². The van der Waals surface area contributed by atoms with E-state index in [9.17, 15) is 33.2 Å². The number of nitrogens with one attached hydrogen (secondary N) is 2. The Morgan fingerprint density at radius 3 is 2.24 bits per heavy atom. The van der Waals surface area contributed by atoms with Gasteiger partial charge in [-0.2, -0.15) is 0 Å². The van der Waals surface area contributed by atoms with E-state index in [4.69, 9.17) is 4.74 Å². The molecule has 0 aliphatic heterocycles. The zero-order chi connectivity index (χ0) is 32.8. The van der Waals surface area contributed by atoms with Gasteiger partial charge in [0.15, 0.2) is 0 Å². The third-order valence-corrected chi connectivity index (χ3v) is 9.95. The lowest BCUT2D eigenvalue weighted by Crippen LogP contribution is -2.37. The fraction of sp³-hybridized carbons (Fsp3) is 0.333. The number of unbranched alkanes of at least 4 members (excludes halogenated alkanes) is 1. The van der Waals surface area contributed by atoms with Gasteiger partial charge in [0, 0.05) is 24.6 Å². The van der Waals surface area contributed by atoms with E-state index in [1.165, 1.54) is 0 Å². The SMILES string of the molecule is O=C(N[C@@H](CCCCNS(=O)(=O)c1ccc([N+](=O)[O-])cc1)/C(F)=C1/CCC[C@H]1C(=O)O)OCC1c2ccccc2-c2ccccc21. The van der Waals surface area contributed by atoms with Crippen LogP contribution in [0.3, 0.4) is 0 Å². The molecule has 1 amide bonds. The Hall–Kier alpha value is -4.62. The van der Waals surface area contributed by atoms with Crippen LogP contribution < -0.4 is 10.0 Å². The number of carbonyl (C=O) groups is 2. The number of hydrogen-bond acceptors (Lipinski definition) is 7. The van der Waals surface area contributed by atoms with Crippen LogP contribution in [-0.4, -0.2) is 49.7 Å². The van der Waals surface area contributed by atoms with E-state index in [2.05, 4.69) is 10.0 Å². The molecule has 0 unspecified atom stereocenters. The molecule has 3 N–H and O–H groups in total. The van der Waals surface area contributed by atoms with Gasteiger partial charge in [0.25, 0.3) is 5.69 Å². The van der Waals surface area contributed by atoms with E-state index < -0.39 is 44.8 Å². The number of rotatable bonds is 13. The summed E-state index contributed by atoms with van der Waals surface area (Å²) >= 11 is 0. The number of nitrogens with zero attached hydrogens (tertiary/aromatic N) is 1. The van der Waals surface area contributed by atoms with Crippen molar-refractivity contribution in [3.05, 3.63) is 105 Å². The zero-order valence-electron chi connectivity index (χ0n) is 24.9. The van der Waals surface area contributed by atoms with Crippen LogP contribution in [0, 0.1) is 16.0 Å². The number of carbonyl (C=O) groups excluding carboxylic acids is 1. The van der Waals surface area contributed by atoms with E-state index in [1.54, 1.807) is 0 Å². The monoisotopic (exact) mass is 651 g/mol. The summed E-state index contributed by atoms with van der Waals surface area (Å²) < 4.78 is 49.1. The Balaban J connectivity index is 1.22. The number of hydrogen-bond donors (Lipinski definition) is 3. The molecular weight excluding hydrogens is 617 g/mol. The standard InChI is InChI=1S/C33H34FN3O8S/c34-31(27-12-7-13-28(27)32(38)39)30(14-5-6-19-35-46(43,44)22-17-15-21(16-18-22)37(41)42)36-33(40)45-20-29-25-10-3-1-8-23(25)24-9-2-4-11-26(24)29/h1-4,8-11,15-18,28-30,35H,5-7,12-14,19-20H2,(H,36,40)(H,38,39)/b31-27+/t28-,30+/m1/s1. The van der Waals surface area contributed by atoms with Gasteiger partial charge < -0.3 is 15.2 Å². The first-order chi connectivity index (χ1) is 22.1. The second-order valence-electron chi connectivity index (χ2n) is 11.3. The van der Waals surface area contributed by atoms with Gasteiger partial charge in [-0.25, -0.2) is 22.3 Å². The highest BCUT2D eigenvalue weighted by Crippen LogP contribution is 2.44. The molecule has 0 bridgehead atoms. The minimum absolute atomic E-state index is 0.00702. The summed E-state index contributed by atoms with van der Waals surface area (Å²) in [7, 11) is -3.94. The number of alkyl carbamates (subject to hydrolysis) is 1. The lowest BCUT2D eigenvalue weighted by molar-refractivity contribution is -0.384. The molecule has 0 spiro atoms. The third kappa shape index (κ3) is 7.26. The molecule has 1 fully saturated rings. The molecule has 2 aliphatic rings.